The van der Waals surface area contributed by atoms with E-state index >= 15 is 0 Å². The highest BCUT2D eigenvalue weighted by Gasteiger charge is 2.20. The van der Waals surface area contributed by atoms with E-state index in [1.165, 1.54) is 16.3 Å². The first-order chi connectivity index (χ1) is 9.40. The van der Waals surface area contributed by atoms with Crippen LogP contribution in [0.3, 0.4) is 0 Å². The van der Waals surface area contributed by atoms with Crippen LogP contribution < -0.4 is 15.4 Å². The molecular formula is C16H21ClN2O. The topological polar surface area (TPSA) is 33.3 Å². The summed E-state index contributed by atoms with van der Waals surface area (Å²) >= 11 is 0. The quantitative estimate of drug-likeness (QED) is 0.913. The summed E-state index contributed by atoms with van der Waals surface area (Å²) in [5, 5.41) is 9.59. The Kier molecular flexibility index (Phi) is 5.24. The van der Waals surface area contributed by atoms with Crippen molar-refractivity contribution in [3.05, 3.63) is 42.0 Å². The number of rotatable bonds is 3. The molecule has 2 aromatic rings. The fourth-order valence-electron chi connectivity index (χ4n) is 2.77. The van der Waals surface area contributed by atoms with Crippen molar-refractivity contribution in [2.75, 3.05) is 26.2 Å². The molecule has 1 heterocycles. The van der Waals surface area contributed by atoms with E-state index in [1.54, 1.807) is 0 Å². The Morgan fingerprint density at radius 3 is 2.75 bits per heavy atom. The molecule has 1 fully saturated rings. The van der Waals surface area contributed by atoms with Crippen molar-refractivity contribution in [3.63, 3.8) is 0 Å². The molecule has 1 atom stereocenters. The first kappa shape index (κ1) is 15.1. The van der Waals surface area contributed by atoms with Crippen molar-refractivity contribution in [2.24, 2.45) is 0 Å². The van der Waals surface area contributed by atoms with Crippen LogP contribution in [-0.2, 0) is 0 Å². The number of ether oxygens (including phenoxy) is 1. The van der Waals surface area contributed by atoms with Gasteiger partial charge in [-0.05, 0) is 23.8 Å². The summed E-state index contributed by atoms with van der Waals surface area (Å²) in [4.78, 5) is 0. The normalized spacial score (nSPS) is 18.6. The second kappa shape index (κ2) is 6.93. The molecule has 2 aromatic carbocycles. The van der Waals surface area contributed by atoms with Crippen LogP contribution in [0.15, 0.2) is 36.4 Å². The zero-order valence-corrected chi connectivity index (χ0v) is 12.5. The van der Waals surface area contributed by atoms with Gasteiger partial charge in [-0.25, -0.2) is 0 Å². The molecule has 2 N–H and O–H groups in total. The summed E-state index contributed by atoms with van der Waals surface area (Å²) in [6.45, 7) is 5.72. The van der Waals surface area contributed by atoms with E-state index in [4.69, 9.17) is 4.74 Å². The van der Waals surface area contributed by atoms with Gasteiger partial charge in [-0.2, -0.15) is 0 Å². The van der Waals surface area contributed by atoms with Crippen LogP contribution in [-0.4, -0.2) is 26.2 Å². The van der Waals surface area contributed by atoms with Crippen molar-refractivity contribution >= 4 is 23.2 Å². The average Bonchev–Trinajstić information content (AvgIpc) is 2.48. The fraction of sp³-hybridized carbons (Fsp3) is 0.375. The largest absolute Gasteiger partial charge is 0.494 e. The van der Waals surface area contributed by atoms with Crippen LogP contribution in [0.25, 0.3) is 10.8 Å². The number of benzene rings is 2. The van der Waals surface area contributed by atoms with E-state index in [9.17, 15) is 0 Å². The predicted molar refractivity (Wildman–Crippen MR) is 86.0 cm³/mol. The Bertz CT molecular complexity index is 567. The molecule has 20 heavy (non-hydrogen) atoms. The van der Waals surface area contributed by atoms with E-state index < -0.39 is 0 Å². The number of hydrogen-bond acceptors (Lipinski definition) is 3. The first-order valence-electron chi connectivity index (χ1n) is 6.98. The zero-order chi connectivity index (χ0) is 13.1. The van der Waals surface area contributed by atoms with Gasteiger partial charge >= 0.3 is 0 Å². The molecule has 0 aliphatic carbocycles. The highest BCUT2D eigenvalue weighted by atomic mass is 35.5. The highest BCUT2D eigenvalue weighted by molar-refractivity contribution is 5.88. The Hall–Kier alpha value is -1.29. The minimum atomic E-state index is 0. The van der Waals surface area contributed by atoms with Gasteiger partial charge in [0.15, 0.2) is 0 Å². The smallest absolute Gasteiger partial charge is 0.124 e. The minimum Gasteiger partial charge on any atom is -0.494 e. The van der Waals surface area contributed by atoms with Crippen LogP contribution in [0.4, 0.5) is 0 Å². The van der Waals surface area contributed by atoms with Gasteiger partial charge in [-0.1, -0.05) is 30.3 Å². The van der Waals surface area contributed by atoms with Crippen LogP contribution in [0, 0.1) is 0 Å². The molecule has 1 aliphatic heterocycles. The Balaban J connectivity index is 0.00000147. The molecule has 0 saturated carbocycles. The fourth-order valence-corrected chi connectivity index (χ4v) is 2.77. The summed E-state index contributed by atoms with van der Waals surface area (Å²) < 4.78 is 5.83. The molecular weight excluding hydrogens is 272 g/mol. The number of piperazine rings is 1. The standard InChI is InChI=1S/C16H20N2O.ClH/c1-2-19-15-8-7-12-5-3-4-6-13(12)16(15)14-11-17-9-10-18-14;/h3-8,14,17-18H,2,9-11H2,1H3;1H/t14-;/m0./s1. The second-order valence-electron chi connectivity index (χ2n) is 4.84. The molecule has 0 radical (unpaired) electrons. The van der Waals surface area contributed by atoms with Gasteiger partial charge in [0.05, 0.1) is 6.61 Å². The van der Waals surface area contributed by atoms with Gasteiger partial charge in [-0.15, -0.1) is 12.4 Å². The van der Waals surface area contributed by atoms with E-state index in [2.05, 4.69) is 47.0 Å². The van der Waals surface area contributed by atoms with Crippen molar-refractivity contribution in [1.82, 2.24) is 10.6 Å². The van der Waals surface area contributed by atoms with Gasteiger partial charge in [0.25, 0.3) is 0 Å². The SMILES string of the molecule is CCOc1ccc2ccccc2c1[C@@H]1CNCCN1.Cl. The molecule has 0 aromatic heterocycles. The van der Waals surface area contributed by atoms with Gasteiger partial charge in [-0.3, -0.25) is 0 Å². The number of halogens is 1. The maximum Gasteiger partial charge on any atom is 0.124 e. The van der Waals surface area contributed by atoms with Crippen molar-refractivity contribution in [1.29, 1.82) is 0 Å². The lowest BCUT2D eigenvalue weighted by molar-refractivity contribution is 0.328. The minimum absolute atomic E-state index is 0. The molecule has 3 nitrogen and oxygen atoms in total. The predicted octanol–water partition coefficient (Wildman–Crippen LogP) is 2.89. The second-order valence-corrected chi connectivity index (χ2v) is 4.84. The zero-order valence-electron chi connectivity index (χ0n) is 11.7. The van der Waals surface area contributed by atoms with E-state index in [0.29, 0.717) is 12.6 Å². The first-order valence-corrected chi connectivity index (χ1v) is 6.98. The molecule has 0 unspecified atom stereocenters. The summed E-state index contributed by atoms with van der Waals surface area (Å²) in [6.07, 6.45) is 0. The van der Waals surface area contributed by atoms with Gasteiger partial charge in [0.2, 0.25) is 0 Å². The molecule has 4 heteroatoms. The number of fused-ring (bicyclic) bond motifs is 1. The Morgan fingerprint density at radius 2 is 2.00 bits per heavy atom. The van der Waals surface area contributed by atoms with Crippen LogP contribution in [0.5, 0.6) is 5.75 Å². The maximum atomic E-state index is 5.83. The Labute approximate surface area is 126 Å². The van der Waals surface area contributed by atoms with E-state index in [1.807, 2.05) is 6.92 Å². The molecule has 3 rings (SSSR count). The molecule has 1 saturated heterocycles. The summed E-state index contributed by atoms with van der Waals surface area (Å²) in [7, 11) is 0. The molecule has 0 amide bonds. The van der Waals surface area contributed by atoms with Gasteiger partial charge in [0, 0.05) is 31.2 Å². The third-order valence-electron chi connectivity index (χ3n) is 3.62. The summed E-state index contributed by atoms with van der Waals surface area (Å²) in [5.74, 6) is 1.00. The third kappa shape index (κ3) is 2.90. The number of nitrogens with one attached hydrogen (secondary N) is 2. The highest BCUT2D eigenvalue weighted by Crippen LogP contribution is 2.33. The summed E-state index contributed by atoms with van der Waals surface area (Å²) in [6, 6.07) is 13.1. The van der Waals surface area contributed by atoms with Gasteiger partial charge < -0.3 is 15.4 Å². The van der Waals surface area contributed by atoms with E-state index in [-0.39, 0.29) is 12.4 Å². The monoisotopic (exact) mass is 292 g/mol. The molecule has 0 spiro atoms. The van der Waals surface area contributed by atoms with Crippen LogP contribution >= 0.6 is 12.4 Å². The lowest BCUT2D eigenvalue weighted by Gasteiger charge is -2.27. The van der Waals surface area contributed by atoms with Crippen LogP contribution in [0.2, 0.25) is 0 Å². The van der Waals surface area contributed by atoms with Gasteiger partial charge in [0.1, 0.15) is 5.75 Å². The number of hydrogen-bond donors (Lipinski definition) is 2. The van der Waals surface area contributed by atoms with Crippen LogP contribution in [0.1, 0.15) is 18.5 Å². The average molecular weight is 293 g/mol. The maximum absolute atomic E-state index is 5.83. The lowest BCUT2D eigenvalue weighted by Crippen LogP contribution is -2.42. The lowest BCUT2D eigenvalue weighted by atomic mass is 9.96. The van der Waals surface area contributed by atoms with E-state index in [0.717, 1.165) is 25.4 Å². The van der Waals surface area contributed by atoms with Crippen molar-refractivity contribution in [2.45, 2.75) is 13.0 Å². The molecule has 108 valence electrons. The third-order valence-corrected chi connectivity index (χ3v) is 3.62. The van der Waals surface area contributed by atoms with Crippen molar-refractivity contribution < 1.29 is 4.74 Å². The van der Waals surface area contributed by atoms with Crippen molar-refractivity contribution in [3.8, 4) is 5.75 Å². The molecule has 0 bridgehead atoms. The summed E-state index contributed by atoms with van der Waals surface area (Å²) in [5.41, 5.74) is 1.28. The molecule has 1 aliphatic rings. The Morgan fingerprint density at radius 1 is 1.15 bits per heavy atom.